The second-order valence-electron chi connectivity index (χ2n) is 8.04. The lowest BCUT2D eigenvalue weighted by molar-refractivity contribution is -0.212. The molecule has 3 N–H and O–H groups in total. The number of piperidine rings is 1. The highest BCUT2D eigenvalue weighted by Gasteiger charge is 2.48. The summed E-state index contributed by atoms with van der Waals surface area (Å²) in [5.74, 6) is 0.417. The molecule has 1 aromatic heterocycles. The summed E-state index contributed by atoms with van der Waals surface area (Å²) in [5, 5.41) is 27.6. The molecule has 2 saturated heterocycles. The van der Waals surface area contributed by atoms with Crippen molar-refractivity contribution in [3.8, 4) is 0 Å². The fourth-order valence-electron chi connectivity index (χ4n) is 4.84. The third-order valence-corrected chi connectivity index (χ3v) is 6.52. The summed E-state index contributed by atoms with van der Waals surface area (Å²) < 4.78 is 5.86. The molecule has 0 unspecified atom stereocenters. The van der Waals surface area contributed by atoms with Crippen LogP contribution in [0.25, 0.3) is 0 Å². The molecular weight excluding hydrogens is 334 g/mol. The lowest BCUT2D eigenvalue weighted by Crippen LogP contribution is -2.60. The number of amides is 1. The van der Waals surface area contributed by atoms with Crippen molar-refractivity contribution in [1.82, 2.24) is 15.1 Å². The van der Waals surface area contributed by atoms with E-state index in [0.29, 0.717) is 50.4 Å². The number of carbonyl (C=O) groups is 1. The Labute approximate surface area is 153 Å². The zero-order chi connectivity index (χ0) is 18.1. The van der Waals surface area contributed by atoms with Gasteiger partial charge in [-0.1, -0.05) is 19.3 Å². The smallest absolute Gasteiger partial charge is 0.257 e. The quantitative estimate of drug-likeness (QED) is 0.741. The third kappa shape index (κ3) is 3.17. The minimum absolute atomic E-state index is 0.0139. The first-order valence-electron chi connectivity index (χ1n) is 9.93. The van der Waals surface area contributed by atoms with Gasteiger partial charge in [0.2, 0.25) is 0 Å². The van der Waals surface area contributed by atoms with E-state index in [4.69, 9.17) is 4.74 Å². The number of hydrogen-bond acceptors (Lipinski definition) is 5. The molecule has 7 heteroatoms. The molecular formula is C19H29N3O4. The number of ether oxygens (including phenoxy) is 1. The standard InChI is InChI=1S/C19H29N3O4/c23-15-6-11-26-19(17(15)24)7-9-22(10-8-19)18(25)14-12-20-21-16(14)13-4-2-1-3-5-13/h12-13,15,17,23-24H,1-11H2,(H,20,21)/t15-,17-/m0/s1. The van der Waals surface area contributed by atoms with Gasteiger partial charge in [-0.2, -0.15) is 5.10 Å². The molecule has 2 atom stereocenters. The molecule has 1 amide bonds. The van der Waals surface area contributed by atoms with Crippen molar-refractivity contribution in [3.05, 3.63) is 17.5 Å². The number of rotatable bonds is 2. The normalized spacial score (nSPS) is 29.8. The number of aromatic amines is 1. The van der Waals surface area contributed by atoms with Crippen LogP contribution in [0.3, 0.4) is 0 Å². The van der Waals surface area contributed by atoms with Gasteiger partial charge in [-0.05, 0) is 32.1 Å². The van der Waals surface area contributed by atoms with Crippen molar-refractivity contribution < 1.29 is 19.7 Å². The molecule has 0 aromatic carbocycles. The molecule has 0 bridgehead atoms. The van der Waals surface area contributed by atoms with Crippen LogP contribution in [0.15, 0.2) is 6.20 Å². The molecule has 0 radical (unpaired) electrons. The maximum absolute atomic E-state index is 13.1. The highest BCUT2D eigenvalue weighted by molar-refractivity contribution is 5.95. The maximum Gasteiger partial charge on any atom is 0.257 e. The Kier molecular flexibility index (Phi) is 5.03. The Morgan fingerprint density at radius 1 is 1.19 bits per heavy atom. The van der Waals surface area contributed by atoms with E-state index in [1.54, 1.807) is 6.20 Å². The molecule has 144 valence electrons. The van der Waals surface area contributed by atoms with Gasteiger partial charge in [-0.3, -0.25) is 9.89 Å². The van der Waals surface area contributed by atoms with Gasteiger partial charge in [-0.15, -0.1) is 0 Å². The lowest BCUT2D eigenvalue weighted by Gasteiger charge is -2.48. The van der Waals surface area contributed by atoms with Gasteiger partial charge in [0.05, 0.1) is 35.8 Å². The maximum atomic E-state index is 13.1. The number of nitrogens with zero attached hydrogens (tertiary/aromatic N) is 2. The van der Waals surface area contributed by atoms with E-state index in [1.807, 2.05) is 4.90 Å². The van der Waals surface area contributed by atoms with Crippen molar-refractivity contribution in [3.63, 3.8) is 0 Å². The number of aliphatic hydroxyl groups excluding tert-OH is 2. The van der Waals surface area contributed by atoms with E-state index in [9.17, 15) is 15.0 Å². The van der Waals surface area contributed by atoms with Crippen LogP contribution in [0.1, 0.15) is 73.3 Å². The van der Waals surface area contributed by atoms with Gasteiger partial charge in [0.1, 0.15) is 6.10 Å². The van der Waals surface area contributed by atoms with Crippen molar-refractivity contribution in [2.45, 2.75) is 75.1 Å². The fourth-order valence-corrected chi connectivity index (χ4v) is 4.84. The van der Waals surface area contributed by atoms with Gasteiger partial charge in [0, 0.05) is 19.0 Å². The molecule has 2 aliphatic heterocycles. The Bertz CT molecular complexity index is 632. The molecule has 1 spiro atoms. The van der Waals surface area contributed by atoms with Crippen LogP contribution in [0.2, 0.25) is 0 Å². The van der Waals surface area contributed by atoms with Gasteiger partial charge in [0.25, 0.3) is 5.91 Å². The second kappa shape index (κ2) is 7.29. The van der Waals surface area contributed by atoms with Crippen LogP contribution in [-0.2, 0) is 4.74 Å². The van der Waals surface area contributed by atoms with Crippen molar-refractivity contribution in [2.75, 3.05) is 19.7 Å². The first-order chi connectivity index (χ1) is 12.6. The van der Waals surface area contributed by atoms with Crippen LogP contribution in [-0.4, -0.2) is 68.7 Å². The molecule has 26 heavy (non-hydrogen) atoms. The highest BCUT2D eigenvalue weighted by atomic mass is 16.5. The van der Waals surface area contributed by atoms with Crippen molar-refractivity contribution >= 4 is 5.91 Å². The first-order valence-corrected chi connectivity index (χ1v) is 9.93. The molecule has 3 heterocycles. The first kappa shape index (κ1) is 17.9. The number of aromatic nitrogens is 2. The minimum atomic E-state index is -0.875. The van der Waals surface area contributed by atoms with Crippen LogP contribution >= 0.6 is 0 Å². The Balaban J connectivity index is 1.44. The molecule has 1 aromatic rings. The lowest BCUT2D eigenvalue weighted by atomic mass is 9.80. The Morgan fingerprint density at radius 3 is 2.65 bits per heavy atom. The number of aliphatic hydroxyl groups is 2. The van der Waals surface area contributed by atoms with E-state index in [1.165, 1.54) is 19.3 Å². The zero-order valence-electron chi connectivity index (χ0n) is 15.2. The van der Waals surface area contributed by atoms with Crippen molar-refractivity contribution in [1.29, 1.82) is 0 Å². The van der Waals surface area contributed by atoms with Crippen LogP contribution < -0.4 is 0 Å². The summed E-state index contributed by atoms with van der Waals surface area (Å²) in [6, 6.07) is 0. The number of nitrogens with one attached hydrogen (secondary N) is 1. The zero-order valence-corrected chi connectivity index (χ0v) is 15.2. The summed E-state index contributed by atoms with van der Waals surface area (Å²) in [6.07, 6.45) is 7.53. The highest BCUT2D eigenvalue weighted by Crippen LogP contribution is 2.37. The van der Waals surface area contributed by atoms with Crippen LogP contribution in [0.4, 0.5) is 0 Å². The van der Waals surface area contributed by atoms with E-state index in [2.05, 4.69) is 10.2 Å². The minimum Gasteiger partial charge on any atom is -0.390 e. The molecule has 4 rings (SSSR count). The SMILES string of the molecule is O=C(c1cn[nH]c1C1CCCCC1)N1CCC2(CC1)OCC[C@H](O)[C@@H]2O. The van der Waals surface area contributed by atoms with E-state index >= 15 is 0 Å². The monoisotopic (exact) mass is 363 g/mol. The predicted octanol–water partition coefficient (Wildman–Crippen LogP) is 1.57. The van der Waals surface area contributed by atoms with Gasteiger partial charge in [-0.25, -0.2) is 0 Å². The van der Waals surface area contributed by atoms with E-state index < -0.39 is 17.8 Å². The average molecular weight is 363 g/mol. The second-order valence-corrected chi connectivity index (χ2v) is 8.04. The summed E-state index contributed by atoms with van der Waals surface area (Å²) in [4.78, 5) is 14.9. The number of H-pyrrole nitrogens is 1. The Hall–Kier alpha value is -1.44. The average Bonchev–Trinajstić information content (AvgIpc) is 3.17. The molecule has 7 nitrogen and oxygen atoms in total. The van der Waals surface area contributed by atoms with Crippen LogP contribution in [0, 0.1) is 0 Å². The largest absolute Gasteiger partial charge is 0.390 e. The Morgan fingerprint density at radius 2 is 1.92 bits per heavy atom. The summed E-state index contributed by atoms with van der Waals surface area (Å²) in [7, 11) is 0. The molecule has 1 saturated carbocycles. The van der Waals surface area contributed by atoms with E-state index in [0.717, 1.165) is 18.5 Å². The molecule has 3 fully saturated rings. The predicted molar refractivity (Wildman–Crippen MR) is 94.9 cm³/mol. The van der Waals surface area contributed by atoms with Gasteiger partial charge in [0.15, 0.2) is 0 Å². The van der Waals surface area contributed by atoms with Crippen LogP contribution in [0.5, 0.6) is 0 Å². The summed E-state index contributed by atoms with van der Waals surface area (Å²) >= 11 is 0. The molecule has 1 aliphatic carbocycles. The summed E-state index contributed by atoms with van der Waals surface area (Å²) in [5.41, 5.74) is 0.967. The van der Waals surface area contributed by atoms with Gasteiger partial charge >= 0.3 is 0 Å². The van der Waals surface area contributed by atoms with Gasteiger partial charge < -0.3 is 19.8 Å². The molecule has 3 aliphatic rings. The van der Waals surface area contributed by atoms with Crippen molar-refractivity contribution in [2.24, 2.45) is 0 Å². The summed E-state index contributed by atoms with van der Waals surface area (Å²) in [6.45, 7) is 1.51. The number of hydrogen-bond donors (Lipinski definition) is 3. The number of carbonyl (C=O) groups excluding carboxylic acids is 1. The number of likely N-dealkylation sites (tertiary alicyclic amines) is 1. The fraction of sp³-hybridized carbons (Fsp3) is 0.789. The topological polar surface area (TPSA) is 98.7 Å². The van der Waals surface area contributed by atoms with E-state index in [-0.39, 0.29) is 5.91 Å². The third-order valence-electron chi connectivity index (χ3n) is 6.52.